The predicted molar refractivity (Wildman–Crippen MR) is 101 cm³/mol. The standard InChI is InChI=1S/C19H22N2S2/c1-14(16-12-22-13-20-16)19-15-6-2-3-7-17(15)23-18(19)8-11-21-9-4-5-10-21/h2-3,6-7,12-14H,4-5,8-11H2,1H3/t14-/m1/s1. The summed E-state index contributed by atoms with van der Waals surface area (Å²) in [5, 5.41) is 3.62. The number of hydrogen-bond acceptors (Lipinski definition) is 4. The molecule has 23 heavy (non-hydrogen) atoms. The number of nitrogens with zero attached hydrogens (tertiary/aromatic N) is 2. The number of likely N-dealkylation sites (tertiary alicyclic amines) is 1. The van der Waals surface area contributed by atoms with Gasteiger partial charge in [-0.15, -0.1) is 22.7 Å². The smallest absolute Gasteiger partial charge is 0.0794 e. The molecule has 0 amide bonds. The lowest BCUT2D eigenvalue weighted by Gasteiger charge is -2.16. The molecule has 1 aliphatic heterocycles. The van der Waals surface area contributed by atoms with Crippen LogP contribution in [0.15, 0.2) is 35.2 Å². The van der Waals surface area contributed by atoms with E-state index < -0.39 is 0 Å². The number of benzene rings is 1. The third-order valence-corrected chi connectivity index (χ3v) is 6.74. The van der Waals surface area contributed by atoms with Crippen molar-refractivity contribution in [2.75, 3.05) is 19.6 Å². The van der Waals surface area contributed by atoms with Crippen molar-refractivity contribution in [3.63, 3.8) is 0 Å². The lowest BCUT2D eigenvalue weighted by atomic mass is 9.94. The fourth-order valence-electron chi connectivity index (χ4n) is 3.63. The highest BCUT2D eigenvalue weighted by atomic mass is 32.1. The summed E-state index contributed by atoms with van der Waals surface area (Å²) in [5.74, 6) is 0.381. The molecule has 1 fully saturated rings. The topological polar surface area (TPSA) is 16.1 Å². The van der Waals surface area contributed by atoms with Crippen LogP contribution < -0.4 is 0 Å². The Morgan fingerprint density at radius 3 is 2.83 bits per heavy atom. The largest absolute Gasteiger partial charge is 0.303 e. The molecular formula is C19H22N2S2. The summed E-state index contributed by atoms with van der Waals surface area (Å²) in [6.45, 7) is 6.07. The molecule has 1 aromatic carbocycles. The molecule has 0 aliphatic carbocycles. The van der Waals surface area contributed by atoms with E-state index in [-0.39, 0.29) is 0 Å². The van der Waals surface area contributed by atoms with Gasteiger partial charge in [-0.05, 0) is 49.4 Å². The molecule has 120 valence electrons. The second kappa shape index (κ2) is 6.71. The summed E-state index contributed by atoms with van der Waals surface area (Å²) >= 11 is 3.68. The van der Waals surface area contributed by atoms with Gasteiger partial charge in [0.2, 0.25) is 0 Å². The van der Waals surface area contributed by atoms with Crippen molar-refractivity contribution in [1.82, 2.24) is 9.88 Å². The average molecular weight is 343 g/mol. The van der Waals surface area contributed by atoms with Crippen LogP contribution in [0.25, 0.3) is 10.1 Å². The van der Waals surface area contributed by atoms with E-state index in [1.54, 1.807) is 16.2 Å². The molecule has 2 aromatic heterocycles. The first-order valence-electron chi connectivity index (χ1n) is 8.43. The van der Waals surface area contributed by atoms with E-state index in [2.05, 4.69) is 46.5 Å². The number of hydrogen-bond donors (Lipinski definition) is 0. The Morgan fingerprint density at radius 1 is 1.22 bits per heavy atom. The molecule has 0 spiro atoms. The normalized spacial score (nSPS) is 17.1. The van der Waals surface area contributed by atoms with Crippen LogP contribution in [-0.4, -0.2) is 29.5 Å². The van der Waals surface area contributed by atoms with E-state index in [1.165, 1.54) is 60.2 Å². The van der Waals surface area contributed by atoms with Crippen LogP contribution in [0.1, 0.15) is 41.8 Å². The summed E-state index contributed by atoms with van der Waals surface area (Å²) in [7, 11) is 0. The van der Waals surface area contributed by atoms with Gasteiger partial charge in [-0.2, -0.15) is 0 Å². The number of aromatic nitrogens is 1. The zero-order chi connectivity index (χ0) is 15.6. The quantitative estimate of drug-likeness (QED) is 0.637. The first-order valence-corrected chi connectivity index (χ1v) is 10.2. The van der Waals surface area contributed by atoms with Crippen molar-refractivity contribution in [2.45, 2.75) is 32.1 Å². The molecule has 0 bridgehead atoms. The van der Waals surface area contributed by atoms with E-state index in [4.69, 9.17) is 0 Å². The van der Waals surface area contributed by atoms with Crippen molar-refractivity contribution in [1.29, 1.82) is 0 Å². The fraction of sp³-hybridized carbons (Fsp3) is 0.421. The van der Waals surface area contributed by atoms with Gasteiger partial charge >= 0.3 is 0 Å². The molecule has 4 rings (SSSR count). The molecule has 0 N–H and O–H groups in total. The van der Waals surface area contributed by atoms with Crippen molar-refractivity contribution >= 4 is 32.8 Å². The Hall–Kier alpha value is -1.23. The lowest BCUT2D eigenvalue weighted by molar-refractivity contribution is 0.344. The molecule has 0 unspecified atom stereocenters. The first-order chi connectivity index (χ1) is 11.3. The zero-order valence-corrected chi connectivity index (χ0v) is 15.1. The van der Waals surface area contributed by atoms with E-state index in [0.29, 0.717) is 5.92 Å². The average Bonchev–Trinajstić information content (AvgIpc) is 3.31. The third-order valence-electron chi connectivity index (χ3n) is 4.89. The van der Waals surface area contributed by atoms with Crippen LogP contribution in [0.4, 0.5) is 0 Å². The highest BCUT2D eigenvalue weighted by Gasteiger charge is 2.21. The van der Waals surface area contributed by atoms with Crippen molar-refractivity contribution in [2.24, 2.45) is 0 Å². The van der Waals surface area contributed by atoms with Crippen molar-refractivity contribution in [3.8, 4) is 0 Å². The van der Waals surface area contributed by atoms with Crippen LogP contribution in [0.2, 0.25) is 0 Å². The summed E-state index contributed by atoms with van der Waals surface area (Å²) in [6.07, 6.45) is 3.91. The van der Waals surface area contributed by atoms with E-state index in [9.17, 15) is 0 Å². The molecule has 0 saturated carbocycles. The molecule has 0 radical (unpaired) electrons. The molecule has 2 nitrogen and oxygen atoms in total. The molecule has 3 aromatic rings. The summed E-state index contributed by atoms with van der Waals surface area (Å²) in [4.78, 5) is 8.74. The Morgan fingerprint density at radius 2 is 2.04 bits per heavy atom. The molecule has 1 atom stereocenters. The van der Waals surface area contributed by atoms with Gasteiger partial charge in [-0.3, -0.25) is 0 Å². The minimum absolute atomic E-state index is 0.381. The van der Waals surface area contributed by atoms with Gasteiger partial charge in [-0.1, -0.05) is 25.1 Å². The maximum Gasteiger partial charge on any atom is 0.0794 e. The Kier molecular flexibility index (Phi) is 4.47. The Balaban J connectivity index is 1.69. The second-order valence-electron chi connectivity index (χ2n) is 6.37. The predicted octanol–water partition coefficient (Wildman–Crippen LogP) is 5.15. The van der Waals surface area contributed by atoms with Gasteiger partial charge in [-0.25, -0.2) is 4.98 Å². The maximum atomic E-state index is 4.57. The number of fused-ring (bicyclic) bond motifs is 1. The van der Waals surface area contributed by atoms with Crippen molar-refractivity contribution in [3.05, 3.63) is 51.3 Å². The zero-order valence-electron chi connectivity index (χ0n) is 13.5. The van der Waals surface area contributed by atoms with Crippen LogP contribution >= 0.6 is 22.7 Å². The summed E-state index contributed by atoms with van der Waals surface area (Å²) in [5.41, 5.74) is 4.67. The Labute approximate surface area is 145 Å². The maximum absolute atomic E-state index is 4.57. The van der Waals surface area contributed by atoms with Gasteiger partial charge < -0.3 is 4.90 Å². The van der Waals surface area contributed by atoms with Crippen LogP contribution in [0.5, 0.6) is 0 Å². The molecule has 1 aliphatic rings. The first kappa shape index (κ1) is 15.3. The minimum Gasteiger partial charge on any atom is -0.303 e. The van der Waals surface area contributed by atoms with Gasteiger partial charge in [0, 0.05) is 27.4 Å². The monoisotopic (exact) mass is 342 g/mol. The lowest BCUT2D eigenvalue weighted by Crippen LogP contribution is -2.22. The number of thiophene rings is 1. The van der Waals surface area contributed by atoms with Gasteiger partial charge in [0.1, 0.15) is 0 Å². The highest BCUT2D eigenvalue weighted by Crippen LogP contribution is 2.39. The van der Waals surface area contributed by atoms with Crippen LogP contribution in [0, 0.1) is 0 Å². The molecule has 4 heteroatoms. The summed E-state index contributed by atoms with van der Waals surface area (Å²) in [6, 6.07) is 8.86. The highest BCUT2D eigenvalue weighted by molar-refractivity contribution is 7.19. The van der Waals surface area contributed by atoms with Crippen molar-refractivity contribution < 1.29 is 0 Å². The number of rotatable bonds is 5. The molecule has 3 heterocycles. The fourth-order valence-corrected chi connectivity index (χ4v) is 5.56. The third kappa shape index (κ3) is 3.08. The number of thiazole rings is 1. The van der Waals surface area contributed by atoms with Gasteiger partial charge in [0.25, 0.3) is 0 Å². The van der Waals surface area contributed by atoms with Crippen LogP contribution in [-0.2, 0) is 6.42 Å². The van der Waals surface area contributed by atoms with Gasteiger partial charge in [0.15, 0.2) is 0 Å². The molecular weight excluding hydrogens is 320 g/mol. The van der Waals surface area contributed by atoms with E-state index >= 15 is 0 Å². The second-order valence-corrected chi connectivity index (χ2v) is 8.22. The van der Waals surface area contributed by atoms with Crippen LogP contribution in [0.3, 0.4) is 0 Å². The molecule has 1 saturated heterocycles. The minimum atomic E-state index is 0.381. The summed E-state index contributed by atoms with van der Waals surface area (Å²) < 4.78 is 1.42. The Bertz CT molecular complexity index is 770. The van der Waals surface area contributed by atoms with E-state index in [0.717, 1.165) is 0 Å². The van der Waals surface area contributed by atoms with Gasteiger partial charge in [0.05, 0.1) is 11.2 Å². The van der Waals surface area contributed by atoms with E-state index in [1.807, 2.05) is 16.8 Å². The SMILES string of the molecule is C[C@H](c1cscn1)c1c(CCN2CCCC2)sc2ccccc12.